The lowest BCUT2D eigenvalue weighted by Crippen LogP contribution is -2.47. The Balaban J connectivity index is 2.61. The Kier molecular flexibility index (Phi) is 5.34. The van der Waals surface area contributed by atoms with Gasteiger partial charge in [-0.25, -0.2) is 13.2 Å². The minimum atomic E-state index is -3.46. The van der Waals surface area contributed by atoms with Crippen LogP contribution in [0.25, 0.3) is 0 Å². The van der Waals surface area contributed by atoms with Crippen LogP contribution in [0.1, 0.15) is 39.5 Å². The standard InChI is InChI=1S/C12H21NO5S/c1-8(2)11(12(15)16)13-10(14)7-19(17,18)9-5-3-4-6-9/h8-9,11H,3-7H2,1-2H3,(H,13,14)(H,15,16)/t11-/m0/s1. The molecule has 110 valence electrons. The van der Waals surface area contributed by atoms with Gasteiger partial charge < -0.3 is 10.4 Å². The predicted molar refractivity (Wildman–Crippen MR) is 70.4 cm³/mol. The minimum Gasteiger partial charge on any atom is -0.480 e. The molecule has 0 saturated heterocycles. The first-order valence-electron chi connectivity index (χ1n) is 6.47. The lowest BCUT2D eigenvalue weighted by molar-refractivity contribution is -0.142. The number of carboxylic acids is 1. The fourth-order valence-electron chi connectivity index (χ4n) is 2.28. The predicted octanol–water partition coefficient (Wildman–Crippen LogP) is 0.569. The van der Waals surface area contributed by atoms with Crippen LogP contribution in [-0.2, 0) is 19.4 Å². The maximum absolute atomic E-state index is 12.0. The van der Waals surface area contributed by atoms with Gasteiger partial charge in [-0.1, -0.05) is 26.7 Å². The average molecular weight is 291 g/mol. The summed E-state index contributed by atoms with van der Waals surface area (Å²) in [5, 5.41) is 10.8. The van der Waals surface area contributed by atoms with Crippen LogP contribution in [0, 0.1) is 5.92 Å². The number of nitrogens with one attached hydrogen (secondary N) is 1. The van der Waals surface area contributed by atoms with E-state index in [1.807, 2.05) is 0 Å². The third-order valence-corrected chi connectivity index (χ3v) is 5.54. The van der Waals surface area contributed by atoms with E-state index in [9.17, 15) is 18.0 Å². The molecule has 1 amide bonds. The molecule has 1 aliphatic rings. The van der Waals surface area contributed by atoms with Crippen LogP contribution in [-0.4, -0.2) is 42.4 Å². The Morgan fingerprint density at radius 2 is 1.79 bits per heavy atom. The third-order valence-electron chi connectivity index (χ3n) is 3.39. The molecule has 0 bridgehead atoms. The number of amides is 1. The summed E-state index contributed by atoms with van der Waals surface area (Å²) < 4.78 is 23.9. The molecule has 0 aliphatic heterocycles. The topological polar surface area (TPSA) is 101 Å². The van der Waals surface area contributed by atoms with Crippen molar-refractivity contribution in [2.24, 2.45) is 5.92 Å². The SMILES string of the molecule is CC(C)[C@H](NC(=O)CS(=O)(=O)C1CCCC1)C(=O)O. The summed E-state index contributed by atoms with van der Waals surface area (Å²) in [6.45, 7) is 3.31. The molecule has 19 heavy (non-hydrogen) atoms. The number of carbonyl (C=O) groups is 2. The van der Waals surface area contributed by atoms with Gasteiger partial charge in [0, 0.05) is 0 Å². The summed E-state index contributed by atoms with van der Waals surface area (Å²) in [7, 11) is -3.46. The van der Waals surface area contributed by atoms with Crippen molar-refractivity contribution in [1.29, 1.82) is 0 Å². The lowest BCUT2D eigenvalue weighted by Gasteiger charge is -2.18. The highest BCUT2D eigenvalue weighted by Crippen LogP contribution is 2.25. The highest BCUT2D eigenvalue weighted by molar-refractivity contribution is 7.92. The maximum atomic E-state index is 12.0. The Hall–Kier alpha value is -1.11. The molecule has 7 heteroatoms. The van der Waals surface area contributed by atoms with E-state index in [1.165, 1.54) is 0 Å². The first-order chi connectivity index (χ1) is 8.74. The molecule has 2 N–H and O–H groups in total. The third kappa shape index (κ3) is 4.49. The van der Waals surface area contributed by atoms with Crippen molar-refractivity contribution in [3.05, 3.63) is 0 Å². The van der Waals surface area contributed by atoms with Crippen LogP contribution in [0.4, 0.5) is 0 Å². The molecular formula is C12H21NO5S. The molecular weight excluding hydrogens is 270 g/mol. The molecule has 0 unspecified atom stereocenters. The van der Waals surface area contributed by atoms with Gasteiger partial charge in [0.05, 0.1) is 5.25 Å². The van der Waals surface area contributed by atoms with E-state index in [4.69, 9.17) is 5.11 Å². The van der Waals surface area contributed by atoms with Gasteiger partial charge in [-0.3, -0.25) is 4.79 Å². The molecule has 1 saturated carbocycles. The van der Waals surface area contributed by atoms with Crippen molar-refractivity contribution in [2.45, 2.75) is 50.8 Å². The van der Waals surface area contributed by atoms with Gasteiger partial charge in [0.2, 0.25) is 5.91 Å². The van der Waals surface area contributed by atoms with E-state index >= 15 is 0 Å². The number of hydrogen-bond acceptors (Lipinski definition) is 4. The summed E-state index contributed by atoms with van der Waals surface area (Å²) >= 11 is 0. The Morgan fingerprint density at radius 1 is 1.26 bits per heavy atom. The number of sulfone groups is 1. The summed E-state index contributed by atoms with van der Waals surface area (Å²) in [6.07, 6.45) is 2.94. The molecule has 1 atom stereocenters. The number of rotatable bonds is 6. The van der Waals surface area contributed by atoms with Gasteiger partial charge in [-0.15, -0.1) is 0 Å². The molecule has 1 rings (SSSR count). The Bertz CT molecular complexity index is 437. The molecule has 0 aromatic rings. The van der Waals surface area contributed by atoms with E-state index in [-0.39, 0.29) is 5.92 Å². The number of hydrogen-bond donors (Lipinski definition) is 2. The van der Waals surface area contributed by atoms with Gasteiger partial charge >= 0.3 is 5.97 Å². The van der Waals surface area contributed by atoms with E-state index in [0.29, 0.717) is 12.8 Å². The monoisotopic (exact) mass is 291 g/mol. The van der Waals surface area contributed by atoms with Crippen LogP contribution in [0.3, 0.4) is 0 Å². The number of carboxylic acid groups (broad SMARTS) is 1. The quantitative estimate of drug-likeness (QED) is 0.745. The zero-order chi connectivity index (χ0) is 14.6. The van der Waals surface area contributed by atoms with Gasteiger partial charge in [-0.05, 0) is 18.8 Å². The second-order valence-electron chi connectivity index (χ2n) is 5.34. The highest BCUT2D eigenvalue weighted by Gasteiger charge is 2.32. The minimum absolute atomic E-state index is 0.296. The summed E-state index contributed by atoms with van der Waals surface area (Å²) in [6, 6.07) is -1.05. The molecule has 0 heterocycles. The smallest absolute Gasteiger partial charge is 0.326 e. The molecule has 0 aromatic heterocycles. The normalized spacial score (nSPS) is 18.5. The number of carbonyl (C=O) groups excluding carboxylic acids is 1. The molecule has 1 aliphatic carbocycles. The largest absolute Gasteiger partial charge is 0.480 e. The molecule has 1 fully saturated rings. The van der Waals surface area contributed by atoms with E-state index in [0.717, 1.165) is 12.8 Å². The summed E-state index contributed by atoms with van der Waals surface area (Å²) in [5.74, 6) is -2.79. The van der Waals surface area contributed by atoms with Gasteiger partial charge in [0.15, 0.2) is 9.84 Å². The second-order valence-corrected chi connectivity index (χ2v) is 7.62. The van der Waals surface area contributed by atoms with Crippen molar-refractivity contribution in [2.75, 3.05) is 5.75 Å². The Morgan fingerprint density at radius 3 is 2.21 bits per heavy atom. The van der Waals surface area contributed by atoms with Gasteiger partial charge in [0.1, 0.15) is 11.8 Å². The van der Waals surface area contributed by atoms with Crippen molar-refractivity contribution in [3.8, 4) is 0 Å². The van der Waals surface area contributed by atoms with Crippen molar-refractivity contribution in [3.63, 3.8) is 0 Å². The number of aliphatic carboxylic acids is 1. The summed E-state index contributed by atoms with van der Waals surface area (Å²) in [5.41, 5.74) is 0. The van der Waals surface area contributed by atoms with E-state index in [2.05, 4.69) is 5.32 Å². The van der Waals surface area contributed by atoms with Crippen LogP contribution in [0.5, 0.6) is 0 Å². The van der Waals surface area contributed by atoms with Gasteiger partial charge in [0.25, 0.3) is 0 Å². The zero-order valence-corrected chi connectivity index (χ0v) is 12.1. The zero-order valence-electron chi connectivity index (χ0n) is 11.3. The first-order valence-corrected chi connectivity index (χ1v) is 8.19. The fraction of sp³-hybridized carbons (Fsp3) is 0.833. The Labute approximate surface area is 113 Å². The van der Waals surface area contributed by atoms with Crippen molar-refractivity contribution in [1.82, 2.24) is 5.32 Å². The summed E-state index contributed by atoms with van der Waals surface area (Å²) in [4.78, 5) is 22.6. The molecule has 0 spiro atoms. The van der Waals surface area contributed by atoms with E-state index in [1.54, 1.807) is 13.8 Å². The average Bonchev–Trinajstić information content (AvgIpc) is 2.78. The van der Waals surface area contributed by atoms with Crippen LogP contribution in [0.2, 0.25) is 0 Å². The van der Waals surface area contributed by atoms with E-state index < -0.39 is 38.8 Å². The lowest BCUT2D eigenvalue weighted by atomic mass is 10.1. The van der Waals surface area contributed by atoms with Gasteiger partial charge in [-0.2, -0.15) is 0 Å². The maximum Gasteiger partial charge on any atom is 0.326 e. The van der Waals surface area contributed by atoms with Crippen LogP contribution in [0.15, 0.2) is 0 Å². The van der Waals surface area contributed by atoms with Crippen molar-refractivity contribution < 1.29 is 23.1 Å². The molecule has 6 nitrogen and oxygen atoms in total. The second kappa shape index (κ2) is 6.36. The van der Waals surface area contributed by atoms with Crippen LogP contribution < -0.4 is 5.32 Å². The van der Waals surface area contributed by atoms with Crippen LogP contribution >= 0.6 is 0 Å². The fourth-order valence-corrected chi connectivity index (χ4v) is 4.01. The molecule has 0 aromatic carbocycles. The highest BCUT2D eigenvalue weighted by atomic mass is 32.2. The van der Waals surface area contributed by atoms with Crippen molar-refractivity contribution >= 4 is 21.7 Å². The molecule has 0 radical (unpaired) electrons. The first kappa shape index (κ1) is 15.9.